The molecule has 0 unspecified atom stereocenters. The summed E-state index contributed by atoms with van der Waals surface area (Å²) in [5.41, 5.74) is 10.4. The van der Waals surface area contributed by atoms with E-state index in [2.05, 4.69) is 54.6 Å². The average molecular weight is 746 g/mol. The largest absolute Gasteiger partial charge is 2.00 e. The Morgan fingerprint density at radius 1 is 0.477 bits per heavy atom. The number of aromatic nitrogens is 3. The molecule has 0 saturated heterocycles. The van der Waals surface area contributed by atoms with Crippen LogP contribution in [0.2, 0.25) is 0 Å². The second-order valence-electron chi connectivity index (χ2n) is 10.1. The molecular formula is C39H26N4Pt. The molecule has 5 heteroatoms. The van der Waals surface area contributed by atoms with Gasteiger partial charge in [-0.15, -0.1) is 35.9 Å². The van der Waals surface area contributed by atoms with Crippen molar-refractivity contribution in [3.8, 4) is 56.0 Å². The molecule has 44 heavy (non-hydrogen) atoms. The van der Waals surface area contributed by atoms with Crippen molar-refractivity contribution in [3.63, 3.8) is 0 Å². The molecule has 0 saturated carbocycles. The molecule has 0 amide bonds. The van der Waals surface area contributed by atoms with Crippen LogP contribution in [-0.4, -0.2) is 15.0 Å². The van der Waals surface area contributed by atoms with Crippen LogP contribution in [0.1, 0.15) is 0 Å². The Morgan fingerprint density at radius 2 is 1.14 bits per heavy atom. The van der Waals surface area contributed by atoms with E-state index in [1.165, 1.54) is 0 Å². The molecule has 7 rings (SSSR count). The maximum atomic E-state index is 5.10. The van der Waals surface area contributed by atoms with Crippen LogP contribution in [0.25, 0.3) is 61.3 Å². The number of hydrogen-bond donors (Lipinski definition) is 0. The third-order valence-corrected chi connectivity index (χ3v) is 7.25. The number of para-hydroxylation sites is 1. The fourth-order valence-corrected chi connectivity index (χ4v) is 5.13. The Hall–Kier alpha value is -5.18. The number of rotatable bonds is 7. The van der Waals surface area contributed by atoms with Gasteiger partial charge in [0.15, 0.2) is 0 Å². The predicted molar refractivity (Wildman–Crippen MR) is 175 cm³/mol. The van der Waals surface area contributed by atoms with Crippen LogP contribution in [0.15, 0.2) is 158 Å². The Labute approximate surface area is 271 Å². The number of benzene rings is 4. The fraction of sp³-hybridized carbons (Fsp3) is 0. The van der Waals surface area contributed by atoms with Crippen molar-refractivity contribution < 1.29 is 21.1 Å². The maximum Gasteiger partial charge on any atom is 2.00 e. The molecule has 4 nitrogen and oxygen atoms in total. The van der Waals surface area contributed by atoms with Gasteiger partial charge in [0.2, 0.25) is 0 Å². The van der Waals surface area contributed by atoms with Crippen molar-refractivity contribution in [1.82, 2.24) is 15.0 Å². The normalized spacial score (nSPS) is 10.5. The quantitative estimate of drug-likeness (QED) is 0.153. The van der Waals surface area contributed by atoms with E-state index in [9.17, 15) is 0 Å². The minimum atomic E-state index is 0. The zero-order chi connectivity index (χ0) is 28.8. The Morgan fingerprint density at radius 3 is 1.91 bits per heavy atom. The van der Waals surface area contributed by atoms with E-state index in [0.717, 1.165) is 61.7 Å². The third-order valence-electron chi connectivity index (χ3n) is 7.25. The zero-order valence-corrected chi connectivity index (χ0v) is 25.9. The molecule has 0 radical (unpaired) electrons. The van der Waals surface area contributed by atoms with Crippen LogP contribution in [0.3, 0.4) is 0 Å². The van der Waals surface area contributed by atoms with Crippen LogP contribution in [-0.2, 0) is 21.1 Å². The summed E-state index contributed by atoms with van der Waals surface area (Å²) in [4.78, 5) is 14.5. The van der Waals surface area contributed by atoms with Crippen molar-refractivity contribution in [1.29, 1.82) is 0 Å². The van der Waals surface area contributed by atoms with Gasteiger partial charge in [0.1, 0.15) is 0 Å². The van der Waals surface area contributed by atoms with Gasteiger partial charge in [-0.2, -0.15) is 0 Å². The second kappa shape index (κ2) is 13.4. The van der Waals surface area contributed by atoms with Gasteiger partial charge in [-0.05, 0) is 63.2 Å². The maximum absolute atomic E-state index is 5.10. The molecule has 0 spiro atoms. The molecule has 0 aliphatic carbocycles. The van der Waals surface area contributed by atoms with Crippen LogP contribution in [0.5, 0.6) is 0 Å². The van der Waals surface area contributed by atoms with E-state index in [4.69, 9.17) is 20.3 Å². The van der Waals surface area contributed by atoms with Crippen molar-refractivity contribution in [2.24, 2.45) is 0 Å². The number of hydrogen-bond acceptors (Lipinski definition) is 3. The standard InChI is InChI=1S/C39H26N4.Pt/c1-4-13-28(14-5-1)31-22-24-40-37(25-31)33-19-10-11-21-35(33)43-39-34(20-12-23-41-39)38-27-32(29-15-6-2-7-16-29)26-36(42-38)30-17-8-3-9-18-30;/h1-17,19-27H;/q-2;+2. The average Bonchev–Trinajstić information content (AvgIpc) is 3.10. The topological polar surface area (TPSA) is 52.8 Å². The van der Waals surface area contributed by atoms with Gasteiger partial charge in [0.05, 0.1) is 11.4 Å². The van der Waals surface area contributed by atoms with Gasteiger partial charge in [-0.1, -0.05) is 109 Å². The van der Waals surface area contributed by atoms with E-state index in [0.29, 0.717) is 5.82 Å². The molecule has 3 aromatic heterocycles. The molecule has 4 aromatic carbocycles. The molecule has 7 aromatic rings. The molecule has 0 fully saturated rings. The first-order chi connectivity index (χ1) is 21.3. The third kappa shape index (κ3) is 6.27. The summed E-state index contributed by atoms with van der Waals surface area (Å²) in [7, 11) is 0. The molecule has 212 valence electrons. The molecular weight excluding hydrogens is 720 g/mol. The van der Waals surface area contributed by atoms with E-state index >= 15 is 0 Å². The molecule has 0 bridgehead atoms. The first-order valence-corrected chi connectivity index (χ1v) is 14.1. The van der Waals surface area contributed by atoms with Crippen LogP contribution in [0.4, 0.5) is 11.5 Å². The molecule has 3 heterocycles. The Kier molecular flexibility index (Phi) is 8.82. The predicted octanol–water partition coefficient (Wildman–Crippen LogP) is 10.3. The van der Waals surface area contributed by atoms with Crippen molar-refractivity contribution >= 4 is 11.5 Å². The summed E-state index contributed by atoms with van der Waals surface area (Å²) in [6.45, 7) is 0. The SMILES string of the molecule is [Pt+2].[c-]1ccccc1-c1cc(-c2ccccc2)cc(-c2cccnc2[N-]c2ccccc2-c2cc(-c3ccccc3)ccn2)n1. The van der Waals surface area contributed by atoms with Gasteiger partial charge >= 0.3 is 21.1 Å². The molecule has 0 atom stereocenters. The van der Waals surface area contributed by atoms with Crippen LogP contribution < -0.4 is 0 Å². The minimum Gasteiger partial charge on any atom is -0.442 e. The van der Waals surface area contributed by atoms with Crippen molar-refractivity contribution in [2.75, 3.05) is 0 Å². The van der Waals surface area contributed by atoms with E-state index in [1.807, 2.05) is 103 Å². The smallest absolute Gasteiger partial charge is 0.442 e. The summed E-state index contributed by atoms with van der Waals surface area (Å²) in [5.74, 6) is 0.592. The molecule has 0 aliphatic heterocycles. The van der Waals surface area contributed by atoms with Crippen LogP contribution in [0, 0.1) is 6.07 Å². The minimum absolute atomic E-state index is 0. The number of pyridine rings is 3. The molecule has 0 aliphatic rings. The fourth-order valence-electron chi connectivity index (χ4n) is 5.13. The molecule has 0 N–H and O–H groups in total. The van der Waals surface area contributed by atoms with E-state index < -0.39 is 0 Å². The van der Waals surface area contributed by atoms with Crippen molar-refractivity contribution in [3.05, 3.63) is 169 Å². The first-order valence-electron chi connectivity index (χ1n) is 14.1. The summed E-state index contributed by atoms with van der Waals surface area (Å²) in [5, 5.41) is 5.10. The first kappa shape index (κ1) is 28.9. The zero-order valence-electron chi connectivity index (χ0n) is 23.6. The second-order valence-corrected chi connectivity index (χ2v) is 10.1. The monoisotopic (exact) mass is 745 g/mol. The summed E-state index contributed by atoms with van der Waals surface area (Å²) in [6.07, 6.45) is 3.62. The van der Waals surface area contributed by atoms with Gasteiger partial charge in [-0.25, -0.2) is 0 Å². The summed E-state index contributed by atoms with van der Waals surface area (Å²) < 4.78 is 0. The van der Waals surface area contributed by atoms with Gasteiger partial charge in [0, 0.05) is 11.8 Å². The number of nitrogens with zero attached hydrogens (tertiary/aromatic N) is 4. The summed E-state index contributed by atoms with van der Waals surface area (Å²) in [6, 6.07) is 52.3. The van der Waals surface area contributed by atoms with Gasteiger partial charge in [-0.3, -0.25) is 9.97 Å². The summed E-state index contributed by atoms with van der Waals surface area (Å²) >= 11 is 0. The van der Waals surface area contributed by atoms with Gasteiger partial charge < -0.3 is 10.3 Å². The van der Waals surface area contributed by atoms with E-state index in [-0.39, 0.29) is 21.1 Å². The van der Waals surface area contributed by atoms with E-state index in [1.54, 1.807) is 6.20 Å². The van der Waals surface area contributed by atoms with Crippen LogP contribution >= 0.6 is 0 Å². The Balaban J connectivity index is 0.00000343. The van der Waals surface area contributed by atoms with Gasteiger partial charge in [0.25, 0.3) is 0 Å². The Bertz CT molecular complexity index is 1940. The van der Waals surface area contributed by atoms with Crippen molar-refractivity contribution in [2.45, 2.75) is 0 Å².